The van der Waals surface area contributed by atoms with E-state index in [4.69, 9.17) is 11.6 Å². The minimum atomic E-state index is -0.452. The van der Waals surface area contributed by atoms with E-state index in [0.29, 0.717) is 20.6 Å². The fourth-order valence-corrected chi connectivity index (χ4v) is 3.33. The first-order chi connectivity index (χ1) is 13.4. The molecular formula is C21H16BrClN2O3. The van der Waals surface area contributed by atoms with Crippen molar-refractivity contribution >= 4 is 44.7 Å². The molecule has 0 aliphatic carbocycles. The molecule has 5 nitrogen and oxygen atoms in total. The molecule has 28 heavy (non-hydrogen) atoms. The fraction of sp³-hybridized carbons (Fsp3) is 0.0952. The molecule has 3 rings (SSSR count). The zero-order valence-electron chi connectivity index (χ0n) is 14.6. The maximum absolute atomic E-state index is 12.8. The van der Waals surface area contributed by atoms with Crippen LogP contribution in [0.25, 0.3) is 0 Å². The number of anilines is 1. The molecule has 0 aliphatic rings. The number of hydrogen-bond acceptors (Lipinski definition) is 4. The Hall–Kier alpha value is -2.70. The van der Waals surface area contributed by atoms with Crippen LogP contribution in [0.5, 0.6) is 0 Å². The zero-order chi connectivity index (χ0) is 20.1. The first kappa shape index (κ1) is 20.0. The summed E-state index contributed by atoms with van der Waals surface area (Å²) < 4.78 is 0.390. The summed E-state index contributed by atoms with van der Waals surface area (Å²) in [5.74, 6) is -0.0577. The average molecular weight is 460 g/mol. The highest BCUT2D eigenvalue weighted by atomic mass is 79.9. The Balaban J connectivity index is 1.94. The van der Waals surface area contributed by atoms with E-state index in [1.165, 1.54) is 6.07 Å². The van der Waals surface area contributed by atoms with Gasteiger partial charge in [0.2, 0.25) is 0 Å². The predicted octanol–water partition coefficient (Wildman–Crippen LogP) is 6.44. The average Bonchev–Trinajstić information content (AvgIpc) is 2.70. The summed E-state index contributed by atoms with van der Waals surface area (Å²) in [6.45, 7) is 0. The minimum Gasteiger partial charge on any atom is -0.378 e. The van der Waals surface area contributed by atoms with Crippen LogP contribution in [0, 0.1) is 10.1 Å². The SMILES string of the molecule is O=C(CC(Nc1ccc(Cl)cc1)c1ccc(Br)c([N+](=O)[O-])c1)c1ccccc1. The van der Waals surface area contributed by atoms with Crippen molar-refractivity contribution in [2.75, 3.05) is 5.32 Å². The Morgan fingerprint density at radius 3 is 2.39 bits per heavy atom. The van der Waals surface area contributed by atoms with Gasteiger partial charge in [-0.3, -0.25) is 14.9 Å². The van der Waals surface area contributed by atoms with Crippen molar-refractivity contribution in [3.63, 3.8) is 0 Å². The molecule has 0 amide bonds. The van der Waals surface area contributed by atoms with Gasteiger partial charge in [0.05, 0.1) is 15.4 Å². The van der Waals surface area contributed by atoms with E-state index in [2.05, 4.69) is 21.2 Å². The molecule has 0 aliphatic heterocycles. The number of nitro benzene ring substituents is 1. The highest BCUT2D eigenvalue weighted by molar-refractivity contribution is 9.10. The Kier molecular flexibility index (Phi) is 6.44. The molecule has 0 heterocycles. The summed E-state index contributed by atoms with van der Waals surface area (Å²) in [6, 6.07) is 20.5. The number of carbonyl (C=O) groups is 1. The summed E-state index contributed by atoms with van der Waals surface area (Å²) in [7, 11) is 0. The fourth-order valence-electron chi connectivity index (χ4n) is 2.81. The van der Waals surface area contributed by atoms with Crippen LogP contribution >= 0.6 is 27.5 Å². The molecular weight excluding hydrogens is 444 g/mol. The van der Waals surface area contributed by atoms with E-state index >= 15 is 0 Å². The molecule has 1 unspecified atom stereocenters. The standard InChI is InChI=1S/C21H16BrClN2O3/c22-18-11-6-15(12-20(18)25(27)28)19(24-17-9-7-16(23)8-10-17)13-21(26)14-4-2-1-3-5-14/h1-12,19,24H,13H2. The topological polar surface area (TPSA) is 72.2 Å². The van der Waals surface area contributed by atoms with Crippen LogP contribution in [0.1, 0.15) is 28.4 Å². The van der Waals surface area contributed by atoms with Crippen molar-refractivity contribution in [1.29, 1.82) is 0 Å². The van der Waals surface area contributed by atoms with Crippen LogP contribution in [0.2, 0.25) is 5.02 Å². The van der Waals surface area contributed by atoms with Crippen LogP contribution in [0.3, 0.4) is 0 Å². The third-order valence-corrected chi connectivity index (χ3v) is 5.16. The summed E-state index contributed by atoms with van der Waals surface area (Å²) in [4.78, 5) is 23.6. The molecule has 3 aromatic carbocycles. The lowest BCUT2D eigenvalue weighted by Gasteiger charge is -2.20. The van der Waals surface area contributed by atoms with Crippen molar-refractivity contribution in [3.8, 4) is 0 Å². The molecule has 1 N–H and O–H groups in total. The van der Waals surface area contributed by atoms with Crippen molar-refractivity contribution in [3.05, 3.63) is 104 Å². The van der Waals surface area contributed by atoms with Crippen molar-refractivity contribution in [2.24, 2.45) is 0 Å². The molecule has 0 fully saturated rings. The van der Waals surface area contributed by atoms with Crippen molar-refractivity contribution < 1.29 is 9.72 Å². The second-order valence-corrected chi connectivity index (χ2v) is 7.46. The quantitative estimate of drug-likeness (QED) is 0.251. The second kappa shape index (κ2) is 8.99. The van der Waals surface area contributed by atoms with Gasteiger partial charge in [0, 0.05) is 28.8 Å². The number of ketones is 1. The normalized spacial score (nSPS) is 11.6. The third kappa shape index (κ3) is 4.97. The van der Waals surface area contributed by atoms with Gasteiger partial charge >= 0.3 is 0 Å². The first-order valence-corrected chi connectivity index (χ1v) is 9.65. The van der Waals surface area contributed by atoms with Crippen molar-refractivity contribution in [2.45, 2.75) is 12.5 Å². The van der Waals surface area contributed by atoms with E-state index in [1.54, 1.807) is 60.7 Å². The number of halogens is 2. The molecule has 0 saturated heterocycles. The van der Waals surface area contributed by atoms with Gasteiger partial charge in [-0.15, -0.1) is 0 Å². The number of benzene rings is 3. The lowest BCUT2D eigenvalue weighted by Crippen LogP contribution is -2.16. The van der Waals surface area contributed by atoms with E-state index in [-0.39, 0.29) is 17.9 Å². The Morgan fingerprint density at radius 2 is 1.75 bits per heavy atom. The largest absolute Gasteiger partial charge is 0.378 e. The molecule has 0 radical (unpaired) electrons. The predicted molar refractivity (Wildman–Crippen MR) is 114 cm³/mol. The molecule has 0 spiro atoms. The second-order valence-electron chi connectivity index (χ2n) is 6.17. The van der Waals surface area contributed by atoms with Crippen LogP contribution in [-0.4, -0.2) is 10.7 Å². The summed E-state index contributed by atoms with van der Waals surface area (Å²) in [5, 5.41) is 15.2. The molecule has 0 bridgehead atoms. The Morgan fingerprint density at radius 1 is 1.07 bits per heavy atom. The summed E-state index contributed by atoms with van der Waals surface area (Å²) in [6.07, 6.45) is 0.144. The van der Waals surface area contributed by atoms with E-state index in [1.807, 2.05) is 6.07 Å². The summed E-state index contributed by atoms with van der Waals surface area (Å²) in [5.41, 5.74) is 1.96. The molecule has 0 saturated carbocycles. The van der Waals surface area contributed by atoms with Gasteiger partial charge in [0.1, 0.15) is 0 Å². The van der Waals surface area contributed by atoms with Gasteiger partial charge in [-0.2, -0.15) is 0 Å². The van der Waals surface area contributed by atoms with E-state index in [9.17, 15) is 14.9 Å². The van der Waals surface area contributed by atoms with Gasteiger partial charge in [-0.05, 0) is 51.8 Å². The van der Waals surface area contributed by atoms with Crippen LogP contribution in [-0.2, 0) is 0 Å². The van der Waals surface area contributed by atoms with Gasteiger partial charge < -0.3 is 5.32 Å². The highest BCUT2D eigenvalue weighted by Gasteiger charge is 2.21. The smallest absolute Gasteiger partial charge is 0.283 e. The van der Waals surface area contributed by atoms with Crippen LogP contribution < -0.4 is 5.32 Å². The molecule has 0 aromatic heterocycles. The number of hydrogen-bond donors (Lipinski definition) is 1. The monoisotopic (exact) mass is 458 g/mol. The Labute approximate surface area is 175 Å². The Bertz CT molecular complexity index is 994. The molecule has 3 aromatic rings. The maximum Gasteiger partial charge on any atom is 0.283 e. The molecule has 1 atom stereocenters. The van der Waals surface area contributed by atoms with Gasteiger partial charge in [-0.1, -0.05) is 48.0 Å². The number of carbonyl (C=O) groups excluding carboxylic acids is 1. The lowest BCUT2D eigenvalue weighted by molar-refractivity contribution is -0.385. The lowest BCUT2D eigenvalue weighted by atomic mass is 9.97. The molecule has 7 heteroatoms. The first-order valence-electron chi connectivity index (χ1n) is 8.48. The number of nitro groups is 1. The maximum atomic E-state index is 12.8. The zero-order valence-corrected chi connectivity index (χ0v) is 17.0. The van der Waals surface area contributed by atoms with E-state index < -0.39 is 11.0 Å². The van der Waals surface area contributed by atoms with Crippen LogP contribution in [0.4, 0.5) is 11.4 Å². The number of nitrogens with one attached hydrogen (secondary N) is 1. The van der Waals surface area contributed by atoms with Gasteiger partial charge in [-0.25, -0.2) is 0 Å². The highest BCUT2D eigenvalue weighted by Crippen LogP contribution is 2.32. The third-order valence-electron chi connectivity index (χ3n) is 4.24. The van der Waals surface area contributed by atoms with Gasteiger partial charge in [0.15, 0.2) is 5.78 Å². The number of rotatable bonds is 7. The van der Waals surface area contributed by atoms with Crippen molar-refractivity contribution in [1.82, 2.24) is 0 Å². The molecule has 142 valence electrons. The number of Topliss-reactive ketones (excluding diaryl/α,β-unsaturated/α-hetero) is 1. The number of nitrogens with zero attached hydrogens (tertiary/aromatic N) is 1. The summed E-state index contributed by atoms with van der Waals surface area (Å²) >= 11 is 9.14. The van der Waals surface area contributed by atoms with Crippen LogP contribution in [0.15, 0.2) is 77.3 Å². The van der Waals surface area contributed by atoms with Gasteiger partial charge in [0.25, 0.3) is 5.69 Å². The van der Waals surface area contributed by atoms with E-state index in [0.717, 1.165) is 5.69 Å². The minimum absolute atomic E-state index is 0.0485.